The minimum Gasteiger partial charge on any atom is -0.396 e. The van der Waals surface area contributed by atoms with Crippen molar-refractivity contribution in [1.29, 1.82) is 0 Å². The first-order valence-corrected chi connectivity index (χ1v) is 13.6. The van der Waals surface area contributed by atoms with Gasteiger partial charge in [0.05, 0.1) is 27.3 Å². The largest absolute Gasteiger partial charge is 0.396 e. The third-order valence-electron chi connectivity index (χ3n) is 7.78. The number of halogens is 1. The summed E-state index contributed by atoms with van der Waals surface area (Å²) >= 11 is 7.96. The van der Waals surface area contributed by atoms with Crippen LogP contribution in [0.1, 0.15) is 26.2 Å². The minimum absolute atomic E-state index is 0.0163. The van der Waals surface area contributed by atoms with Gasteiger partial charge in [-0.05, 0) is 49.4 Å². The lowest BCUT2D eigenvalue weighted by Crippen LogP contribution is -2.54. The Morgan fingerprint density at radius 3 is 2.53 bits per heavy atom. The van der Waals surface area contributed by atoms with Gasteiger partial charge in [-0.25, -0.2) is 0 Å². The number of aliphatic hydroxyl groups is 1. The van der Waals surface area contributed by atoms with Crippen LogP contribution in [0.4, 0.5) is 11.4 Å². The van der Waals surface area contributed by atoms with E-state index in [0.29, 0.717) is 35.8 Å². The van der Waals surface area contributed by atoms with Gasteiger partial charge in [-0.15, -0.1) is 11.8 Å². The first-order chi connectivity index (χ1) is 17.4. The number of rotatable bonds is 8. The van der Waals surface area contributed by atoms with Gasteiger partial charge in [0.2, 0.25) is 17.7 Å². The Balaban J connectivity index is 1.49. The van der Waals surface area contributed by atoms with Gasteiger partial charge in [-0.3, -0.25) is 14.4 Å². The molecule has 190 valence electrons. The van der Waals surface area contributed by atoms with Crippen LogP contribution in [0.25, 0.3) is 0 Å². The first-order valence-electron chi connectivity index (χ1n) is 12.4. The van der Waals surface area contributed by atoms with Crippen molar-refractivity contribution in [3.8, 4) is 0 Å². The summed E-state index contributed by atoms with van der Waals surface area (Å²) in [4.78, 5) is 43.0. The van der Waals surface area contributed by atoms with Crippen molar-refractivity contribution >= 4 is 52.5 Å². The maximum Gasteiger partial charge on any atom is 0.248 e. The Labute approximate surface area is 220 Å². The van der Waals surface area contributed by atoms with Gasteiger partial charge in [0, 0.05) is 24.1 Å². The molecule has 36 heavy (non-hydrogen) atoms. The molecule has 3 unspecified atom stereocenters. The molecule has 2 bridgehead atoms. The highest BCUT2D eigenvalue weighted by molar-refractivity contribution is 8.02. The van der Waals surface area contributed by atoms with Crippen LogP contribution in [0.2, 0.25) is 5.02 Å². The van der Waals surface area contributed by atoms with Crippen LogP contribution in [-0.2, 0) is 14.4 Å². The predicted octanol–water partition coefficient (Wildman–Crippen LogP) is 4.03. The van der Waals surface area contributed by atoms with E-state index in [2.05, 4.69) is 17.6 Å². The van der Waals surface area contributed by atoms with E-state index in [1.165, 1.54) is 0 Å². The summed E-state index contributed by atoms with van der Waals surface area (Å²) in [6.07, 6.45) is 1.87. The Hall–Kier alpha value is -2.55. The molecule has 0 aliphatic carbocycles. The van der Waals surface area contributed by atoms with Crippen LogP contribution in [0.3, 0.4) is 0 Å². The maximum absolute atomic E-state index is 14.0. The molecule has 3 aliphatic rings. The predicted molar refractivity (Wildman–Crippen MR) is 142 cm³/mol. The summed E-state index contributed by atoms with van der Waals surface area (Å²) < 4.78 is -0.703. The van der Waals surface area contributed by atoms with Crippen molar-refractivity contribution < 1.29 is 19.5 Å². The number of fused-ring (bicyclic) bond motifs is 1. The molecule has 6 atom stereocenters. The molecule has 3 N–H and O–H groups in total. The number of anilines is 2. The first kappa shape index (κ1) is 25.1. The van der Waals surface area contributed by atoms with Crippen LogP contribution < -0.4 is 10.6 Å². The van der Waals surface area contributed by atoms with E-state index in [9.17, 15) is 19.5 Å². The standard InChI is InChI=1S/C27H30ClN3O4S/c1-16-15-20-21(24(33)29-17-9-3-2-4-10-17)22-26(35)31(13-7-8-14-32)23(27(16,22)36-20)25(34)30-19-12-6-5-11-18(19)28/h2-6,9-12,16,20-23,32H,7-8,13-15H2,1H3,(H,29,33)(H,30,34)/t16?,20-,21+,22-,23?,27?/m0/s1. The smallest absolute Gasteiger partial charge is 0.248 e. The molecular formula is C27H30ClN3O4S. The van der Waals surface area contributed by atoms with E-state index >= 15 is 0 Å². The number of carbonyl (C=O) groups is 3. The van der Waals surface area contributed by atoms with Crippen LogP contribution in [0, 0.1) is 17.8 Å². The summed E-state index contributed by atoms with van der Waals surface area (Å²) in [6.45, 7) is 2.46. The average Bonchev–Trinajstić information content (AvgIpc) is 3.45. The topological polar surface area (TPSA) is 98.7 Å². The van der Waals surface area contributed by atoms with Crippen LogP contribution in [0.5, 0.6) is 0 Å². The number of carbonyl (C=O) groups excluding carboxylic acids is 3. The zero-order valence-corrected chi connectivity index (χ0v) is 21.6. The lowest BCUT2D eigenvalue weighted by molar-refractivity contribution is -0.138. The number of hydrogen-bond donors (Lipinski definition) is 3. The average molecular weight is 528 g/mol. The van der Waals surface area contributed by atoms with Gasteiger partial charge in [-0.1, -0.05) is 48.9 Å². The molecule has 3 saturated heterocycles. The summed E-state index contributed by atoms with van der Waals surface area (Å²) in [5.41, 5.74) is 1.19. The lowest BCUT2D eigenvalue weighted by atomic mass is 9.66. The summed E-state index contributed by atoms with van der Waals surface area (Å²) in [7, 11) is 0. The molecule has 3 aliphatic heterocycles. The highest BCUT2D eigenvalue weighted by Crippen LogP contribution is 2.68. The lowest BCUT2D eigenvalue weighted by Gasteiger charge is -2.38. The zero-order chi connectivity index (χ0) is 25.4. The normalized spacial score (nSPS) is 30.4. The number of nitrogens with one attached hydrogen (secondary N) is 2. The van der Waals surface area contributed by atoms with E-state index in [0.717, 1.165) is 6.42 Å². The fourth-order valence-electron chi connectivity index (χ4n) is 6.26. The quantitative estimate of drug-likeness (QED) is 0.450. The molecule has 5 rings (SSSR count). The number of benzene rings is 2. The second kappa shape index (κ2) is 10.1. The fourth-order valence-corrected chi connectivity index (χ4v) is 8.87. The molecule has 9 heteroatoms. The highest BCUT2D eigenvalue weighted by Gasteiger charge is 2.75. The van der Waals surface area contributed by atoms with Gasteiger partial charge in [0.15, 0.2) is 0 Å². The molecule has 3 fully saturated rings. The molecule has 3 amide bonds. The number of para-hydroxylation sites is 2. The third-order valence-corrected chi connectivity index (χ3v) is 10.2. The Kier molecular flexibility index (Phi) is 7.03. The number of aliphatic hydroxyl groups excluding tert-OH is 1. The van der Waals surface area contributed by atoms with Gasteiger partial charge in [0.1, 0.15) is 6.04 Å². The third kappa shape index (κ3) is 4.09. The maximum atomic E-state index is 14.0. The number of hydrogen-bond acceptors (Lipinski definition) is 5. The van der Waals surface area contributed by atoms with Crippen molar-refractivity contribution in [2.24, 2.45) is 17.8 Å². The van der Waals surface area contributed by atoms with Crippen LogP contribution in [0.15, 0.2) is 54.6 Å². The molecule has 1 spiro atoms. The van der Waals surface area contributed by atoms with Crippen molar-refractivity contribution in [1.82, 2.24) is 4.90 Å². The number of likely N-dealkylation sites (tertiary alicyclic amines) is 1. The number of amides is 3. The van der Waals surface area contributed by atoms with Gasteiger partial charge in [-0.2, -0.15) is 0 Å². The molecular weight excluding hydrogens is 498 g/mol. The van der Waals surface area contributed by atoms with E-state index in [1.807, 2.05) is 30.3 Å². The molecule has 7 nitrogen and oxygen atoms in total. The minimum atomic E-state index is -0.732. The zero-order valence-electron chi connectivity index (χ0n) is 20.0. The molecule has 0 radical (unpaired) electrons. The van der Waals surface area contributed by atoms with Crippen molar-refractivity contribution in [3.63, 3.8) is 0 Å². The Morgan fingerprint density at radius 2 is 1.81 bits per heavy atom. The van der Waals surface area contributed by atoms with Crippen molar-refractivity contribution in [2.45, 2.75) is 42.2 Å². The van der Waals surface area contributed by atoms with E-state index < -0.39 is 22.6 Å². The number of nitrogens with zero attached hydrogens (tertiary/aromatic N) is 1. The summed E-state index contributed by atoms with van der Waals surface area (Å²) in [5.74, 6) is -1.64. The van der Waals surface area contributed by atoms with Crippen LogP contribution >= 0.6 is 23.4 Å². The number of unbranched alkanes of at least 4 members (excludes halogenated alkanes) is 1. The fraction of sp³-hybridized carbons (Fsp3) is 0.444. The van der Waals surface area contributed by atoms with E-state index in [4.69, 9.17) is 11.6 Å². The van der Waals surface area contributed by atoms with E-state index in [1.54, 1.807) is 40.9 Å². The van der Waals surface area contributed by atoms with Gasteiger partial charge in [0.25, 0.3) is 0 Å². The second-order valence-corrected chi connectivity index (χ2v) is 11.8. The molecule has 0 aromatic heterocycles. The van der Waals surface area contributed by atoms with Crippen molar-refractivity contribution in [3.05, 3.63) is 59.6 Å². The molecule has 2 aromatic rings. The molecule has 0 saturated carbocycles. The Bertz CT molecular complexity index is 1160. The van der Waals surface area contributed by atoms with Gasteiger partial charge < -0.3 is 20.6 Å². The van der Waals surface area contributed by atoms with E-state index in [-0.39, 0.29) is 35.5 Å². The second-order valence-electron chi connectivity index (χ2n) is 9.84. The summed E-state index contributed by atoms with van der Waals surface area (Å²) in [5, 5.41) is 15.7. The Morgan fingerprint density at radius 1 is 1.08 bits per heavy atom. The van der Waals surface area contributed by atoms with Gasteiger partial charge >= 0.3 is 0 Å². The van der Waals surface area contributed by atoms with Crippen LogP contribution in [-0.4, -0.2) is 56.9 Å². The molecule has 3 heterocycles. The van der Waals surface area contributed by atoms with Crippen molar-refractivity contribution in [2.75, 3.05) is 23.8 Å². The highest BCUT2D eigenvalue weighted by atomic mass is 35.5. The monoisotopic (exact) mass is 527 g/mol. The molecule has 2 aromatic carbocycles. The number of thioether (sulfide) groups is 1. The summed E-state index contributed by atoms with van der Waals surface area (Å²) in [6, 6.07) is 15.5. The SMILES string of the molecule is CC1C[C@@H]2SC13C(C(=O)Nc1ccccc1Cl)N(CCCCO)C(=O)[C@@H]3[C@@H]2C(=O)Nc1ccccc1.